The molecule has 0 spiro atoms. The molecule has 2 aromatic heterocycles. The van der Waals surface area contributed by atoms with E-state index < -0.39 is 11.6 Å². The largest absolute Gasteiger partial charge is 0.437 e. The first-order valence-electron chi connectivity index (χ1n) is 5.84. The van der Waals surface area contributed by atoms with Gasteiger partial charge in [0.2, 0.25) is 5.88 Å². The van der Waals surface area contributed by atoms with Crippen molar-refractivity contribution in [1.82, 2.24) is 9.38 Å². The van der Waals surface area contributed by atoms with Gasteiger partial charge in [-0.3, -0.25) is 4.40 Å². The van der Waals surface area contributed by atoms with Crippen molar-refractivity contribution in [2.45, 2.75) is 5.88 Å². The summed E-state index contributed by atoms with van der Waals surface area (Å²) in [5.74, 6) is -1.27. The van der Waals surface area contributed by atoms with Gasteiger partial charge in [0, 0.05) is 12.3 Å². The third-order valence-corrected chi connectivity index (χ3v) is 3.08. The fraction of sp³-hybridized carbons (Fsp3) is 0.0714. The number of ether oxygens (including phenoxy) is 1. The van der Waals surface area contributed by atoms with Crippen molar-refractivity contribution >= 4 is 17.2 Å². The van der Waals surface area contributed by atoms with Crippen LogP contribution in [0, 0.1) is 11.6 Å². The molecule has 0 aliphatic rings. The number of fused-ring (bicyclic) bond motifs is 1. The summed E-state index contributed by atoms with van der Waals surface area (Å²) >= 11 is 5.90. The predicted molar refractivity (Wildman–Crippen MR) is 71.2 cm³/mol. The zero-order valence-corrected chi connectivity index (χ0v) is 10.9. The van der Waals surface area contributed by atoms with E-state index in [1.165, 1.54) is 6.07 Å². The van der Waals surface area contributed by atoms with Gasteiger partial charge in [0.25, 0.3) is 0 Å². The lowest BCUT2D eigenvalue weighted by Gasteiger charge is -2.04. The maximum absolute atomic E-state index is 13.2. The standard InChI is InChI=1S/C14H9ClF2N2O/c15-8-12-14(18-13-3-1-2-6-19(12)13)20-9-4-5-10(16)11(17)7-9/h1-7H,8H2. The molecule has 0 aliphatic carbocycles. The van der Waals surface area contributed by atoms with Gasteiger partial charge in [-0.15, -0.1) is 11.6 Å². The zero-order valence-electron chi connectivity index (χ0n) is 10.2. The van der Waals surface area contributed by atoms with Crippen LogP contribution < -0.4 is 4.74 Å². The van der Waals surface area contributed by atoms with E-state index in [1.54, 1.807) is 16.7 Å². The van der Waals surface area contributed by atoms with Crippen LogP contribution in [-0.4, -0.2) is 9.38 Å². The van der Waals surface area contributed by atoms with Gasteiger partial charge in [0.05, 0.1) is 5.88 Å². The highest BCUT2D eigenvalue weighted by Gasteiger charge is 2.14. The number of pyridine rings is 1. The van der Waals surface area contributed by atoms with E-state index in [0.29, 0.717) is 11.3 Å². The second-order valence-electron chi connectivity index (χ2n) is 4.10. The van der Waals surface area contributed by atoms with Crippen LogP contribution in [0.25, 0.3) is 5.65 Å². The molecular weight excluding hydrogens is 286 g/mol. The number of hydrogen-bond acceptors (Lipinski definition) is 2. The second-order valence-corrected chi connectivity index (χ2v) is 4.37. The first-order chi connectivity index (χ1) is 9.69. The summed E-state index contributed by atoms with van der Waals surface area (Å²) in [5, 5.41) is 0. The number of hydrogen-bond donors (Lipinski definition) is 0. The smallest absolute Gasteiger partial charge is 0.242 e. The molecule has 1 aromatic carbocycles. The van der Waals surface area contributed by atoms with Crippen molar-refractivity contribution in [3.05, 3.63) is 59.9 Å². The molecule has 0 fully saturated rings. The van der Waals surface area contributed by atoms with Gasteiger partial charge in [-0.25, -0.2) is 8.78 Å². The van der Waals surface area contributed by atoms with Crippen molar-refractivity contribution < 1.29 is 13.5 Å². The molecule has 0 saturated heterocycles. The zero-order chi connectivity index (χ0) is 14.1. The molecule has 3 nitrogen and oxygen atoms in total. The van der Waals surface area contributed by atoms with Crippen molar-refractivity contribution in [3.63, 3.8) is 0 Å². The Morgan fingerprint density at radius 3 is 2.75 bits per heavy atom. The molecule has 0 atom stereocenters. The summed E-state index contributed by atoms with van der Waals surface area (Å²) < 4.78 is 33.3. The molecular formula is C14H9ClF2N2O. The molecule has 0 aliphatic heterocycles. The highest BCUT2D eigenvalue weighted by molar-refractivity contribution is 6.17. The van der Waals surface area contributed by atoms with E-state index >= 15 is 0 Å². The number of aromatic nitrogens is 2. The first kappa shape index (κ1) is 12.9. The van der Waals surface area contributed by atoms with Crippen LogP contribution >= 0.6 is 11.6 Å². The lowest BCUT2D eigenvalue weighted by atomic mass is 10.3. The molecule has 0 N–H and O–H groups in total. The summed E-state index contributed by atoms with van der Waals surface area (Å²) in [7, 11) is 0. The highest BCUT2D eigenvalue weighted by Crippen LogP contribution is 2.27. The molecule has 3 rings (SSSR count). The second kappa shape index (κ2) is 5.09. The van der Waals surface area contributed by atoms with Gasteiger partial charge in [-0.2, -0.15) is 4.98 Å². The summed E-state index contributed by atoms with van der Waals surface area (Å²) in [6.07, 6.45) is 1.80. The summed E-state index contributed by atoms with van der Waals surface area (Å²) in [5.41, 5.74) is 1.31. The van der Waals surface area contributed by atoms with E-state index in [-0.39, 0.29) is 17.5 Å². The molecule has 0 amide bonds. The Hall–Kier alpha value is -2.14. The molecule has 102 valence electrons. The molecule has 6 heteroatoms. The van der Waals surface area contributed by atoms with E-state index in [9.17, 15) is 8.78 Å². The normalized spacial score (nSPS) is 10.9. The van der Waals surface area contributed by atoms with Gasteiger partial charge >= 0.3 is 0 Å². The Labute approximate surface area is 118 Å². The molecule has 0 radical (unpaired) electrons. The third kappa shape index (κ3) is 2.20. The maximum atomic E-state index is 13.2. The van der Waals surface area contributed by atoms with Crippen molar-refractivity contribution in [2.24, 2.45) is 0 Å². The average molecular weight is 295 g/mol. The summed E-state index contributed by atoms with van der Waals surface area (Å²) in [6.45, 7) is 0. The van der Waals surface area contributed by atoms with Crippen molar-refractivity contribution in [1.29, 1.82) is 0 Å². The van der Waals surface area contributed by atoms with Crippen LogP contribution in [0.1, 0.15) is 5.69 Å². The van der Waals surface area contributed by atoms with Crippen LogP contribution in [0.15, 0.2) is 42.6 Å². The molecule has 3 aromatic rings. The molecule has 0 unspecified atom stereocenters. The fourth-order valence-electron chi connectivity index (χ4n) is 1.88. The third-order valence-electron chi connectivity index (χ3n) is 2.82. The topological polar surface area (TPSA) is 26.5 Å². The Morgan fingerprint density at radius 2 is 2.00 bits per heavy atom. The number of rotatable bonds is 3. The first-order valence-corrected chi connectivity index (χ1v) is 6.37. The fourth-order valence-corrected chi connectivity index (χ4v) is 2.12. The Morgan fingerprint density at radius 1 is 1.15 bits per heavy atom. The van der Waals surface area contributed by atoms with Crippen LogP contribution in [0.5, 0.6) is 11.6 Å². The quantitative estimate of drug-likeness (QED) is 0.679. The van der Waals surface area contributed by atoms with Crippen LogP contribution in [0.3, 0.4) is 0 Å². The lowest BCUT2D eigenvalue weighted by Crippen LogP contribution is -1.93. The molecule has 0 bridgehead atoms. The Balaban J connectivity index is 2.03. The summed E-state index contributed by atoms with van der Waals surface area (Å²) in [4.78, 5) is 4.27. The van der Waals surface area contributed by atoms with E-state index in [4.69, 9.17) is 16.3 Å². The predicted octanol–water partition coefficient (Wildman–Crippen LogP) is 4.14. The molecule has 0 saturated carbocycles. The van der Waals surface area contributed by atoms with Gasteiger partial charge in [0.15, 0.2) is 11.6 Å². The molecule has 2 heterocycles. The van der Waals surface area contributed by atoms with Crippen molar-refractivity contribution in [3.8, 4) is 11.6 Å². The van der Waals surface area contributed by atoms with Crippen molar-refractivity contribution in [2.75, 3.05) is 0 Å². The number of alkyl halides is 1. The average Bonchev–Trinajstić information content (AvgIpc) is 2.80. The monoisotopic (exact) mass is 294 g/mol. The van der Waals surface area contributed by atoms with Gasteiger partial charge in [-0.05, 0) is 24.3 Å². The highest BCUT2D eigenvalue weighted by atomic mass is 35.5. The van der Waals surface area contributed by atoms with Crippen LogP contribution in [0.4, 0.5) is 8.78 Å². The van der Waals surface area contributed by atoms with Crippen LogP contribution in [0.2, 0.25) is 0 Å². The number of nitrogens with zero attached hydrogens (tertiary/aromatic N) is 2. The van der Waals surface area contributed by atoms with Crippen LogP contribution in [-0.2, 0) is 5.88 Å². The Kier molecular flexibility index (Phi) is 3.28. The number of halogens is 3. The van der Waals surface area contributed by atoms with Gasteiger partial charge < -0.3 is 4.74 Å². The van der Waals surface area contributed by atoms with Gasteiger partial charge in [-0.1, -0.05) is 6.07 Å². The number of benzene rings is 1. The lowest BCUT2D eigenvalue weighted by molar-refractivity contribution is 0.446. The van der Waals surface area contributed by atoms with E-state index in [2.05, 4.69) is 4.98 Å². The van der Waals surface area contributed by atoms with E-state index in [0.717, 1.165) is 12.1 Å². The minimum atomic E-state index is -0.973. The van der Waals surface area contributed by atoms with Gasteiger partial charge in [0.1, 0.15) is 17.1 Å². The maximum Gasteiger partial charge on any atom is 0.242 e. The summed E-state index contributed by atoms with van der Waals surface area (Å²) in [6, 6.07) is 8.78. The minimum absolute atomic E-state index is 0.165. The number of imidazole rings is 1. The Bertz CT molecular complexity index is 773. The minimum Gasteiger partial charge on any atom is -0.437 e. The molecule has 20 heavy (non-hydrogen) atoms. The SMILES string of the molecule is Fc1ccc(Oc2nc3ccccn3c2CCl)cc1F. The van der Waals surface area contributed by atoms with E-state index in [1.807, 2.05) is 12.1 Å².